The summed E-state index contributed by atoms with van der Waals surface area (Å²) in [5, 5.41) is 0.713. The molecule has 1 atom stereocenters. The van der Waals surface area contributed by atoms with E-state index >= 15 is 0 Å². The molecule has 0 radical (unpaired) electrons. The third-order valence-electron chi connectivity index (χ3n) is 5.25. The van der Waals surface area contributed by atoms with Gasteiger partial charge in [0, 0.05) is 0 Å². The van der Waals surface area contributed by atoms with E-state index in [1.54, 1.807) is 4.90 Å². The Kier molecular flexibility index (Phi) is 5.97. The number of ether oxygens (including phenoxy) is 2. The van der Waals surface area contributed by atoms with Crippen LogP contribution >= 0.6 is 11.3 Å². The monoisotopic (exact) mass is 412 g/mol. The van der Waals surface area contributed by atoms with Crippen LogP contribution in [-0.4, -0.2) is 49.8 Å². The highest BCUT2D eigenvalue weighted by Gasteiger charge is 2.33. The lowest BCUT2D eigenvalue weighted by molar-refractivity contribution is -0.894. The van der Waals surface area contributed by atoms with Crippen LogP contribution < -0.4 is 19.3 Å². The lowest BCUT2D eigenvalue weighted by Gasteiger charge is -2.30. The topological polar surface area (TPSA) is 56.1 Å². The van der Waals surface area contributed by atoms with Crippen molar-refractivity contribution in [3.05, 3.63) is 48.5 Å². The summed E-state index contributed by atoms with van der Waals surface area (Å²) in [4.78, 5) is 21.4. The zero-order chi connectivity index (χ0) is 20.2. The van der Waals surface area contributed by atoms with Crippen LogP contribution in [0.15, 0.2) is 48.5 Å². The van der Waals surface area contributed by atoms with E-state index in [1.165, 1.54) is 16.2 Å². The molecule has 1 N–H and O–H groups in total. The molecule has 1 aliphatic heterocycles. The van der Waals surface area contributed by atoms with Crippen molar-refractivity contribution in [1.82, 2.24) is 4.98 Å². The number of likely N-dealkylation sites (N-methyl/N-ethyl adjacent to an activating group) is 1. The second-order valence-electron chi connectivity index (χ2n) is 7.03. The van der Waals surface area contributed by atoms with Crippen molar-refractivity contribution in [3.63, 3.8) is 0 Å². The van der Waals surface area contributed by atoms with Gasteiger partial charge in [-0.1, -0.05) is 35.6 Å². The lowest BCUT2D eigenvalue weighted by Crippen LogP contribution is -3.12. The zero-order valence-corrected chi connectivity index (χ0v) is 17.6. The number of nitrogens with zero attached hydrogens (tertiary/aromatic N) is 2. The van der Waals surface area contributed by atoms with Gasteiger partial charge < -0.3 is 14.4 Å². The van der Waals surface area contributed by atoms with Crippen LogP contribution in [0.25, 0.3) is 10.2 Å². The standard InChI is InChI=1S/C22H25N3O3S/c1-3-24(4-2)13-14-25(22-23-16-9-5-8-12-20(16)29-22)21(26)19-15-27-17-10-6-7-11-18(17)28-19/h5-12,19H,3-4,13-15H2,1-2H3/p+1/t19-/m0/s1. The first-order valence-corrected chi connectivity index (χ1v) is 10.9. The molecule has 0 bridgehead atoms. The average molecular weight is 413 g/mol. The molecule has 3 aromatic rings. The lowest BCUT2D eigenvalue weighted by atomic mass is 10.2. The molecule has 4 rings (SSSR count). The Morgan fingerprint density at radius 3 is 2.62 bits per heavy atom. The number of nitrogens with one attached hydrogen (secondary N) is 1. The van der Waals surface area contributed by atoms with Crippen LogP contribution in [0.5, 0.6) is 11.5 Å². The van der Waals surface area contributed by atoms with E-state index in [-0.39, 0.29) is 12.5 Å². The zero-order valence-electron chi connectivity index (χ0n) is 16.8. The van der Waals surface area contributed by atoms with Crippen LogP contribution in [0.3, 0.4) is 0 Å². The van der Waals surface area contributed by atoms with Gasteiger partial charge in [0.05, 0.1) is 36.4 Å². The molecule has 2 aromatic carbocycles. The molecule has 29 heavy (non-hydrogen) atoms. The summed E-state index contributed by atoms with van der Waals surface area (Å²) in [5.74, 6) is 1.18. The normalized spacial score (nSPS) is 15.6. The third kappa shape index (κ3) is 4.21. The number of aromatic nitrogens is 1. The van der Waals surface area contributed by atoms with Crippen LogP contribution in [0.4, 0.5) is 5.13 Å². The highest BCUT2D eigenvalue weighted by molar-refractivity contribution is 7.22. The number of amides is 1. The van der Waals surface area contributed by atoms with E-state index in [2.05, 4.69) is 13.8 Å². The summed E-state index contributed by atoms with van der Waals surface area (Å²) in [6.07, 6.45) is -0.677. The van der Waals surface area contributed by atoms with Crippen molar-refractivity contribution in [2.24, 2.45) is 0 Å². The number of carbonyl (C=O) groups excluding carboxylic acids is 1. The highest BCUT2D eigenvalue weighted by Crippen LogP contribution is 2.33. The quantitative estimate of drug-likeness (QED) is 0.648. The molecule has 6 nitrogen and oxygen atoms in total. The first-order valence-electron chi connectivity index (χ1n) is 10.1. The van der Waals surface area contributed by atoms with E-state index in [0.29, 0.717) is 23.2 Å². The minimum atomic E-state index is -0.677. The summed E-state index contributed by atoms with van der Waals surface area (Å²) in [6, 6.07) is 15.4. The molecule has 1 aliphatic rings. The largest absolute Gasteiger partial charge is 0.485 e. The molecule has 0 saturated heterocycles. The minimum absolute atomic E-state index is 0.106. The van der Waals surface area contributed by atoms with Gasteiger partial charge in [0.2, 0.25) is 6.10 Å². The van der Waals surface area contributed by atoms with Gasteiger partial charge in [-0.25, -0.2) is 4.98 Å². The smallest absolute Gasteiger partial charge is 0.273 e. The summed E-state index contributed by atoms with van der Waals surface area (Å²) in [6.45, 7) is 8.03. The van der Waals surface area contributed by atoms with Crippen LogP contribution in [-0.2, 0) is 4.79 Å². The second-order valence-corrected chi connectivity index (χ2v) is 8.03. The first kappa shape index (κ1) is 19.7. The fourth-order valence-corrected chi connectivity index (χ4v) is 4.46. The molecule has 0 fully saturated rings. The molecule has 0 unspecified atom stereocenters. The molecule has 0 spiro atoms. The predicted octanol–water partition coefficient (Wildman–Crippen LogP) is 2.39. The summed E-state index contributed by atoms with van der Waals surface area (Å²) < 4.78 is 12.8. The Hall–Kier alpha value is -2.64. The van der Waals surface area contributed by atoms with Gasteiger partial charge in [-0.2, -0.15) is 0 Å². The Morgan fingerprint density at radius 1 is 1.14 bits per heavy atom. The van der Waals surface area contributed by atoms with Crippen molar-refractivity contribution in [2.75, 3.05) is 37.7 Å². The fourth-order valence-electron chi connectivity index (χ4n) is 3.46. The van der Waals surface area contributed by atoms with Gasteiger partial charge in [-0.3, -0.25) is 9.69 Å². The van der Waals surface area contributed by atoms with Crippen LogP contribution in [0.2, 0.25) is 0 Å². The number of quaternary nitrogens is 1. The Bertz CT molecular complexity index is 953. The van der Waals surface area contributed by atoms with Crippen LogP contribution in [0, 0.1) is 0 Å². The summed E-state index contributed by atoms with van der Waals surface area (Å²) in [5.41, 5.74) is 0.909. The molecule has 0 aliphatic carbocycles. The van der Waals surface area contributed by atoms with Gasteiger partial charge in [-0.15, -0.1) is 0 Å². The maximum atomic E-state index is 13.5. The highest BCUT2D eigenvalue weighted by atomic mass is 32.1. The fraction of sp³-hybridized carbons (Fsp3) is 0.364. The maximum Gasteiger partial charge on any atom is 0.273 e. The van der Waals surface area contributed by atoms with Crippen molar-refractivity contribution in [1.29, 1.82) is 0 Å². The van der Waals surface area contributed by atoms with E-state index < -0.39 is 6.10 Å². The SMILES string of the molecule is CC[NH+](CC)CCN(C(=O)[C@@H]1COc2ccccc2O1)c1nc2ccccc2s1. The van der Waals surface area contributed by atoms with Crippen LogP contribution in [0.1, 0.15) is 13.8 Å². The number of benzene rings is 2. The number of hydrogen-bond donors (Lipinski definition) is 1. The van der Waals surface area contributed by atoms with Crippen molar-refractivity contribution in [2.45, 2.75) is 20.0 Å². The maximum absolute atomic E-state index is 13.5. The molecule has 7 heteroatoms. The van der Waals surface area contributed by atoms with Crippen molar-refractivity contribution in [3.8, 4) is 11.5 Å². The number of fused-ring (bicyclic) bond motifs is 2. The molecular formula is C22H26N3O3S+. The van der Waals surface area contributed by atoms with E-state index in [9.17, 15) is 4.79 Å². The third-order valence-corrected chi connectivity index (χ3v) is 6.31. The molecule has 1 amide bonds. The van der Waals surface area contributed by atoms with Gasteiger partial charge >= 0.3 is 0 Å². The second kappa shape index (κ2) is 8.80. The van der Waals surface area contributed by atoms with Gasteiger partial charge in [0.15, 0.2) is 16.6 Å². The average Bonchev–Trinajstić information content (AvgIpc) is 3.20. The van der Waals surface area contributed by atoms with Gasteiger partial charge in [0.1, 0.15) is 6.61 Å². The number of thiazole rings is 1. The van der Waals surface area contributed by atoms with Crippen molar-refractivity contribution >= 4 is 32.6 Å². The summed E-state index contributed by atoms with van der Waals surface area (Å²) in [7, 11) is 0. The predicted molar refractivity (Wildman–Crippen MR) is 115 cm³/mol. The van der Waals surface area contributed by atoms with Crippen molar-refractivity contribution < 1.29 is 19.2 Å². The first-order chi connectivity index (χ1) is 14.2. The molecule has 1 aromatic heterocycles. The number of hydrogen-bond acceptors (Lipinski definition) is 5. The Balaban J connectivity index is 1.59. The molecule has 2 heterocycles. The van der Waals surface area contributed by atoms with E-state index in [0.717, 1.165) is 29.9 Å². The number of anilines is 1. The summed E-state index contributed by atoms with van der Waals surface area (Å²) >= 11 is 1.54. The molecular weight excluding hydrogens is 386 g/mol. The molecule has 0 saturated carbocycles. The van der Waals surface area contributed by atoms with Gasteiger partial charge in [-0.05, 0) is 38.1 Å². The Labute approximate surface area is 174 Å². The number of para-hydroxylation sites is 3. The van der Waals surface area contributed by atoms with Gasteiger partial charge in [0.25, 0.3) is 5.91 Å². The molecule has 152 valence electrons. The van der Waals surface area contributed by atoms with E-state index in [4.69, 9.17) is 14.5 Å². The minimum Gasteiger partial charge on any atom is -0.485 e. The number of rotatable bonds is 7. The van der Waals surface area contributed by atoms with E-state index in [1.807, 2.05) is 48.5 Å². The Morgan fingerprint density at radius 2 is 1.86 bits per heavy atom. The number of carbonyl (C=O) groups is 1.